The van der Waals surface area contributed by atoms with Gasteiger partial charge in [-0.1, -0.05) is 13.8 Å². The molecule has 0 spiro atoms. The van der Waals surface area contributed by atoms with E-state index in [1.807, 2.05) is 13.8 Å². The number of amides is 1. The fourth-order valence-corrected chi connectivity index (χ4v) is 0.271. The average molecular weight is 116 g/mol. The summed E-state index contributed by atoms with van der Waals surface area (Å²) in [6.07, 6.45) is 0.414. The molecule has 0 aliphatic rings. The first-order chi connectivity index (χ1) is 3.68. The maximum absolute atomic E-state index is 9.73. The molecule has 0 radical (unpaired) electrons. The Balaban J connectivity index is 3.30. The summed E-state index contributed by atoms with van der Waals surface area (Å²) < 4.78 is 0. The maximum Gasteiger partial charge on any atom is 0.208 e. The Labute approximate surface area is 49.3 Å². The van der Waals surface area contributed by atoms with Crippen LogP contribution in [0.3, 0.4) is 0 Å². The van der Waals surface area contributed by atoms with Crippen LogP contribution in [0.2, 0.25) is 0 Å². The van der Waals surface area contributed by atoms with Gasteiger partial charge in [-0.05, 0) is 5.92 Å². The van der Waals surface area contributed by atoms with E-state index in [9.17, 15) is 4.79 Å². The van der Waals surface area contributed by atoms with Crippen LogP contribution < -0.4 is 11.1 Å². The molecule has 0 saturated heterocycles. The summed E-state index contributed by atoms with van der Waals surface area (Å²) in [6.45, 7) is 3.89. The van der Waals surface area contributed by atoms with Crippen LogP contribution >= 0.6 is 0 Å². The molecule has 3 N–H and O–H groups in total. The Morgan fingerprint density at radius 1 is 1.62 bits per heavy atom. The van der Waals surface area contributed by atoms with Crippen LogP contribution in [0.15, 0.2) is 0 Å². The van der Waals surface area contributed by atoms with Crippen LogP contribution in [0.25, 0.3) is 0 Å². The van der Waals surface area contributed by atoms with Gasteiger partial charge in [0.2, 0.25) is 6.41 Å². The highest BCUT2D eigenvalue weighted by atomic mass is 16.1. The van der Waals surface area contributed by atoms with E-state index in [-0.39, 0.29) is 6.17 Å². The van der Waals surface area contributed by atoms with Gasteiger partial charge in [-0.25, -0.2) is 0 Å². The number of nitrogens with one attached hydrogen (secondary N) is 1. The van der Waals surface area contributed by atoms with Crippen LogP contribution in [0.4, 0.5) is 0 Å². The zero-order chi connectivity index (χ0) is 6.57. The van der Waals surface area contributed by atoms with Crippen LogP contribution in [0, 0.1) is 5.92 Å². The molecule has 0 aliphatic carbocycles. The third-order valence-corrected chi connectivity index (χ3v) is 0.979. The number of hydrogen-bond donors (Lipinski definition) is 2. The number of carbonyl (C=O) groups excluding carboxylic acids is 1. The Bertz CT molecular complexity index is 72.8. The molecule has 0 aliphatic heterocycles. The largest absolute Gasteiger partial charge is 0.343 e. The number of hydrogen-bond acceptors (Lipinski definition) is 2. The van der Waals surface area contributed by atoms with Gasteiger partial charge in [0.15, 0.2) is 0 Å². The van der Waals surface area contributed by atoms with Crippen molar-refractivity contribution in [1.82, 2.24) is 5.32 Å². The predicted molar refractivity (Wildman–Crippen MR) is 32.0 cm³/mol. The van der Waals surface area contributed by atoms with Gasteiger partial charge in [0.25, 0.3) is 0 Å². The van der Waals surface area contributed by atoms with Gasteiger partial charge in [0.1, 0.15) is 0 Å². The molecular weight excluding hydrogens is 104 g/mol. The highest BCUT2D eigenvalue weighted by Gasteiger charge is 2.02. The van der Waals surface area contributed by atoms with Crippen LogP contribution in [-0.4, -0.2) is 12.6 Å². The quantitative estimate of drug-likeness (QED) is 0.392. The summed E-state index contributed by atoms with van der Waals surface area (Å²) in [5.41, 5.74) is 5.38. The second-order valence-corrected chi connectivity index (χ2v) is 2.05. The van der Waals surface area contributed by atoms with E-state index in [1.165, 1.54) is 0 Å². The highest BCUT2D eigenvalue weighted by Crippen LogP contribution is 1.91. The molecule has 3 heteroatoms. The number of rotatable bonds is 3. The molecule has 1 amide bonds. The van der Waals surface area contributed by atoms with Gasteiger partial charge >= 0.3 is 0 Å². The lowest BCUT2D eigenvalue weighted by molar-refractivity contribution is -0.110. The molecule has 0 unspecified atom stereocenters. The molecule has 3 nitrogen and oxygen atoms in total. The zero-order valence-electron chi connectivity index (χ0n) is 5.22. The van der Waals surface area contributed by atoms with Gasteiger partial charge in [-0.2, -0.15) is 0 Å². The van der Waals surface area contributed by atoms with E-state index >= 15 is 0 Å². The lowest BCUT2D eigenvalue weighted by Gasteiger charge is -2.12. The van der Waals surface area contributed by atoms with E-state index in [0.717, 1.165) is 0 Å². The lowest BCUT2D eigenvalue weighted by atomic mass is 10.2. The molecular formula is C5H12N2O. The zero-order valence-corrected chi connectivity index (χ0v) is 5.22. The summed E-state index contributed by atoms with van der Waals surface area (Å²) in [4.78, 5) is 9.73. The minimum Gasteiger partial charge on any atom is -0.343 e. The van der Waals surface area contributed by atoms with E-state index in [1.54, 1.807) is 0 Å². The first-order valence-electron chi connectivity index (χ1n) is 2.63. The van der Waals surface area contributed by atoms with Crippen molar-refractivity contribution in [3.8, 4) is 0 Å². The van der Waals surface area contributed by atoms with Gasteiger partial charge in [-0.15, -0.1) is 0 Å². The Kier molecular flexibility index (Phi) is 3.19. The summed E-state index contributed by atoms with van der Waals surface area (Å²) in [6, 6.07) is 0. The smallest absolute Gasteiger partial charge is 0.208 e. The monoisotopic (exact) mass is 116 g/mol. The topological polar surface area (TPSA) is 55.1 Å². The van der Waals surface area contributed by atoms with E-state index < -0.39 is 0 Å². The van der Waals surface area contributed by atoms with Crippen molar-refractivity contribution in [3.63, 3.8) is 0 Å². The average Bonchev–Trinajstić information content (AvgIpc) is 1.67. The van der Waals surface area contributed by atoms with Crippen molar-refractivity contribution >= 4 is 6.41 Å². The van der Waals surface area contributed by atoms with Gasteiger partial charge in [0, 0.05) is 0 Å². The van der Waals surface area contributed by atoms with Gasteiger partial charge in [-0.3, -0.25) is 4.79 Å². The molecule has 0 saturated carbocycles. The SMILES string of the molecule is CC(C)[C@H](N)NC=O. The van der Waals surface area contributed by atoms with Crippen LogP contribution in [0.1, 0.15) is 13.8 Å². The van der Waals surface area contributed by atoms with Crippen molar-refractivity contribution in [1.29, 1.82) is 0 Å². The summed E-state index contributed by atoms with van der Waals surface area (Å²) in [5, 5.41) is 2.44. The van der Waals surface area contributed by atoms with Crippen molar-refractivity contribution in [2.24, 2.45) is 11.7 Å². The molecule has 0 bridgehead atoms. The van der Waals surface area contributed by atoms with Crippen molar-refractivity contribution in [2.45, 2.75) is 20.0 Å². The summed E-state index contributed by atoms with van der Waals surface area (Å²) in [5.74, 6) is 0.306. The predicted octanol–water partition coefficient (Wildman–Crippen LogP) is -0.327. The first kappa shape index (κ1) is 7.43. The molecule has 8 heavy (non-hydrogen) atoms. The van der Waals surface area contributed by atoms with E-state index in [4.69, 9.17) is 5.73 Å². The molecule has 0 aromatic heterocycles. The van der Waals surface area contributed by atoms with Crippen molar-refractivity contribution in [2.75, 3.05) is 0 Å². The van der Waals surface area contributed by atoms with Crippen molar-refractivity contribution < 1.29 is 4.79 Å². The second kappa shape index (κ2) is 3.43. The Morgan fingerprint density at radius 2 is 2.12 bits per heavy atom. The number of nitrogens with two attached hydrogens (primary N) is 1. The van der Waals surface area contributed by atoms with E-state index in [2.05, 4.69) is 5.32 Å². The van der Waals surface area contributed by atoms with Gasteiger partial charge < -0.3 is 11.1 Å². The van der Waals surface area contributed by atoms with Gasteiger partial charge in [0.05, 0.1) is 6.17 Å². The number of carbonyl (C=O) groups is 1. The fraction of sp³-hybridized carbons (Fsp3) is 0.800. The molecule has 48 valence electrons. The molecule has 0 aromatic carbocycles. The van der Waals surface area contributed by atoms with Crippen molar-refractivity contribution in [3.05, 3.63) is 0 Å². The van der Waals surface area contributed by atoms with Crippen LogP contribution in [0.5, 0.6) is 0 Å². The molecule has 1 atom stereocenters. The fourth-order valence-electron chi connectivity index (χ4n) is 0.271. The minimum absolute atomic E-state index is 0.201. The van der Waals surface area contributed by atoms with Crippen LogP contribution in [-0.2, 0) is 4.79 Å². The summed E-state index contributed by atoms with van der Waals surface area (Å²) in [7, 11) is 0. The second-order valence-electron chi connectivity index (χ2n) is 2.05. The lowest BCUT2D eigenvalue weighted by Crippen LogP contribution is -2.40. The molecule has 0 heterocycles. The molecule has 0 aromatic rings. The Morgan fingerprint density at radius 3 is 2.25 bits per heavy atom. The minimum atomic E-state index is -0.201. The molecule has 0 rings (SSSR count). The Hall–Kier alpha value is -0.570. The third kappa shape index (κ3) is 2.58. The summed E-state index contributed by atoms with van der Waals surface area (Å²) >= 11 is 0. The highest BCUT2D eigenvalue weighted by molar-refractivity contribution is 5.46. The van der Waals surface area contributed by atoms with E-state index in [0.29, 0.717) is 12.3 Å². The molecule has 0 fully saturated rings. The third-order valence-electron chi connectivity index (χ3n) is 0.979. The first-order valence-corrected chi connectivity index (χ1v) is 2.63. The maximum atomic E-state index is 9.73. The standard InChI is InChI=1S/C5H12N2O/c1-4(2)5(6)7-3-8/h3-5H,6H2,1-2H3,(H,7,8)/t5-/m1/s1. The normalized spacial score (nSPS) is 13.5.